The van der Waals surface area contributed by atoms with Crippen LogP contribution in [0.25, 0.3) is 0 Å². The molecule has 0 aromatic carbocycles. The Hall–Kier alpha value is 1.26. The van der Waals surface area contributed by atoms with E-state index in [-0.39, 0.29) is 36.3 Å². The summed E-state index contributed by atoms with van der Waals surface area (Å²) in [5.41, 5.74) is 0. The molecule has 0 radical (unpaired) electrons. The molecule has 0 N–H and O–H groups in total. The average Bonchev–Trinajstić information content (AvgIpc) is 2.15. The summed E-state index contributed by atoms with van der Waals surface area (Å²) in [6.45, 7) is 0. The molecule has 0 spiro atoms. The first-order valence-corrected chi connectivity index (χ1v) is 6.13. The van der Waals surface area contributed by atoms with E-state index in [1.54, 1.807) is 0 Å². The number of carbonyl (C=O) groups excluding carboxylic acids is 2. The molecule has 0 aromatic heterocycles. The molecular weight excluding hydrogens is 568 g/mol. The minimum atomic E-state index is -1.23. The molecule has 0 aliphatic heterocycles. The zero-order valence-electron chi connectivity index (χ0n) is 7.01. The minimum absolute atomic E-state index is 0. The first-order valence-electron chi connectivity index (χ1n) is 2.71. The van der Waals surface area contributed by atoms with Gasteiger partial charge in [0, 0.05) is 8.96 Å². The molecule has 15 heavy (non-hydrogen) atoms. The third kappa shape index (κ3) is 15.3. The number of carbonyl (C=O) groups is 2. The summed E-state index contributed by atoms with van der Waals surface area (Å²) in [7, 11) is 0. The van der Waals surface area contributed by atoms with Gasteiger partial charge in [-0.25, -0.2) is 0 Å². The van der Waals surface area contributed by atoms with E-state index < -0.39 is 11.9 Å². The van der Waals surface area contributed by atoms with Crippen LogP contribution in [0.5, 0.6) is 0 Å². The summed E-state index contributed by atoms with van der Waals surface area (Å²) in [5, 5.41) is 19.3. The SMILES string of the molecule is O=C([O-])C(Br)=CBr.O=C([O-])C(Br)=CBr.[Cd+2]. The number of aliphatic carboxylic acids is 2. The van der Waals surface area contributed by atoms with Crippen LogP contribution in [0.4, 0.5) is 0 Å². The molecule has 0 aromatic rings. The van der Waals surface area contributed by atoms with Crippen molar-refractivity contribution in [3.63, 3.8) is 0 Å². The number of rotatable bonds is 2. The minimum Gasteiger partial charge on any atom is -0.544 e. The normalized spacial score (nSPS) is 10.7. The van der Waals surface area contributed by atoms with Gasteiger partial charge >= 0.3 is 27.3 Å². The maximum absolute atomic E-state index is 9.67. The van der Waals surface area contributed by atoms with Gasteiger partial charge in [0.2, 0.25) is 0 Å². The van der Waals surface area contributed by atoms with Crippen molar-refractivity contribution in [3.05, 3.63) is 18.9 Å². The maximum atomic E-state index is 9.67. The molecule has 0 unspecified atom stereocenters. The van der Waals surface area contributed by atoms with Crippen molar-refractivity contribution in [1.29, 1.82) is 0 Å². The second kappa shape index (κ2) is 13.3. The topological polar surface area (TPSA) is 80.3 Å². The van der Waals surface area contributed by atoms with Crippen molar-refractivity contribution in [1.82, 2.24) is 0 Å². The fourth-order valence-electron chi connectivity index (χ4n) is 0.0891. The molecule has 0 fully saturated rings. The predicted molar refractivity (Wildman–Crippen MR) is 61.9 cm³/mol. The van der Waals surface area contributed by atoms with Crippen molar-refractivity contribution in [3.8, 4) is 0 Å². The smallest absolute Gasteiger partial charge is 0.544 e. The van der Waals surface area contributed by atoms with Crippen molar-refractivity contribution >= 4 is 75.7 Å². The molecule has 4 nitrogen and oxygen atoms in total. The van der Waals surface area contributed by atoms with E-state index >= 15 is 0 Å². The molecule has 0 aliphatic carbocycles. The Balaban J connectivity index is -0.000000180. The van der Waals surface area contributed by atoms with E-state index in [9.17, 15) is 19.8 Å². The summed E-state index contributed by atoms with van der Waals surface area (Å²) in [6.07, 6.45) is 0. The van der Waals surface area contributed by atoms with Crippen LogP contribution in [0.3, 0.4) is 0 Å². The molecule has 9 heteroatoms. The number of hydrogen-bond acceptors (Lipinski definition) is 4. The van der Waals surface area contributed by atoms with Crippen molar-refractivity contribution in [2.75, 3.05) is 0 Å². The summed E-state index contributed by atoms with van der Waals surface area (Å²) in [5.74, 6) is -2.45. The molecule has 80 valence electrons. The first kappa shape index (κ1) is 21.5. The van der Waals surface area contributed by atoms with Crippen LogP contribution < -0.4 is 10.2 Å². The van der Waals surface area contributed by atoms with E-state index in [4.69, 9.17) is 0 Å². The van der Waals surface area contributed by atoms with E-state index in [1.807, 2.05) is 0 Å². The number of halogens is 4. The van der Waals surface area contributed by atoms with Gasteiger partial charge in [-0.3, -0.25) is 0 Å². The Morgan fingerprint density at radius 2 is 1.07 bits per heavy atom. The van der Waals surface area contributed by atoms with Crippen LogP contribution in [0.15, 0.2) is 18.9 Å². The van der Waals surface area contributed by atoms with Crippen LogP contribution in [0, 0.1) is 0 Å². The Labute approximate surface area is 140 Å². The van der Waals surface area contributed by atoms with Gasteiger partial charge < -0.3 is 19.8 Å². The molecular formula is C6H2Br4CdO4. The van der Waals surface area contributed by atoms with Gasteiger partial charge in [-0.15, -0.1) is 0 Å². The van der Waals surface area contributed by atoms with Crippen molar-refractivity contribution in [2.24, 2.45) is 0 Å². The van der Waals surface area contributed by atoms with E-state index in [0.29, 0.717) is 0 Å². The summed E-state index contributed by atoms with van der Waals surface area (Å²) in [4.78, 5) is 21.8. The van der Waals surface area contributed by atoms with E-state index in [2.05, 4.69) is 63.7 Å². The predicted octanol–water partition coefficient (Wildman–Crippen LogP) is 0.732. The van der Waals surface area contributed by atoms with Gasteiger partial charge in [0.05, 0.1) is 11.9 Å². The molecule has 0 aliphatic rings. The van der Waals surface area contributed by atoms with E-state index in [1.165, 1.54) is 9.97 Å². The number of carboxylic acids is 2. The Kier molecular flexibility index (Phi) is 19.1. The molecule has 0 saturated heterocycles. The largest absolute Gasteiger partial charge is 2.00 e. The summed E-state index contributed by atoms with van der Waals surface area (Å²) < 4.78 is 0.0139. The second-order valence-corrected chi connectivity index (χ2v) is 4.11. The van der Waals surface area contributed by atoms with Crippen LogP contribution in [0.2, 0.25) is 0 Å². The Bertz CT molecular complexity index is 248. The van der Waals surface area contributed by atoms with Crippen LogP contribution in [-0.4, -0.2) is 11.9 Å². The maximum Gasteiger partial charge on any atom is 2.00 e. The molecule has 0 saturated carbocycles. The quantitative estimate of drug-likeness (QED) is 0.363. The third-order valence-electron chi connectivity index (χ3n) is 0.582. The van der Waals surface area contributed by atoms with Gasteiger partial charge in [0.25, 0.3) is 0 Å². The standard InChI is InChI=1S/2C3H2Br2O2.Cd/c2*4-1-2(5)3(6)7;/h2*1H,(H,6,7);/q;;+2/p-2. The number of carboxylic acid groups (broad SMARTS) is 2. The zero-order chi connectivity index (χ0) is 11.7. The van der Waals surface area contributed by atoms with Gasteiger partial charge in [0.15, 0.2) is 0 Å². The molecule has 0 rings (SSSR count). The van der Waals surface area contributed by atoms with Crippen LogP contribution in [-0.2, 0) is 36.9 Å². The summed E-state index contributed by atoms with van der Waals surface area (Å²) >= 11 is 11.0. The average molecular weight is 570 g/mol. The Morgan fingerprint density at radius 3 is 1.07 bits per heavy atom. The molecule has 0 amide bonds. The fourth-order valence-corrected chi connectivity index (χ4v) is 0.463. The van der Waals surface area contributed by atoms with Gasteiger partial charge in [-0.1, -0.05) is 31.9 Å². The zero-order valence-corrected chi connectivity index (χ0v) is 17.4. The van der Waals surface area contributed by atoms with Crippen molar-refractivity contribution in [2.45, 2.75) is 0 Å². The second-order valence-electron chi connectivity index (χ2n) is 1.49. The molecule has 0 bridgehead atoms. The van der Waals surface area contributed by atoms with Gasteiger partial charge in [0.1, 0.15) is 0 Å². The Morgan fingerprint density at radius 1 is 0.867 bits per heavy atom. The number of hydrogen-bond donors (Lipinski definition) is 0. The van der Waals surface area contributed by atoms with Gasteiger partial charge in [-0.05, 0) is 41.8 Å². The summed E-state index contributed by atoms with van der Waals surface area (Å²) in [6, 6.07) is 0. The molecule has 0 atom stereocenters. The monoisotopic (exact) mass is 568 g/mol. The first-order chi connectivity index (χ1) is 6.36. The molecule has 0 heterocycles. The fraction of sp³-hybridized carbons (Fsp3) is 0. The van der Waals surface area contributed by atoms with Crippen LogP contribution in [0.1, 0.15) is 0 Å². The van der Waals surface area contributed by atoms with Gasteiger partial charge in [-0.2, -0.15) is 0 Å². The van der Waals surface area contributed by atoms with Crippen molar-refractivity contribution < 1.29 is 47.1 Å². The third-order valence-corrected chi connectivity index (χ3v) is 3.83. The van der Waals surface area contributed by atoms with E-state index in [0.717, 1.165) is 0 Å². The van der Waals surface area contributed by atoms with Crippen LogP contribution >= 0.6 is 63.7 Å².